The first-order valence-corrected chi connectivity index (χ1v) is 23.8. The van der Waals surface area contributed by atoms with Gasteiger partial charge in [-0.1, -0.05) is 62.3 Å². The number of carbonyl (C=O) groups excluding carboxylic acids is 2. The van der Waals surface area contributed by atoms with Crippen molar-refractivity contribution in [3.8, 4) is 0 Å². The van der Waals surface area contributed by atoms with Crippen molar-refractivity contribution < 1.29 is 27.6 Å². The van der Waals surface area contributed by atoms with Gasteiger partial charge in [0.05, 0.1) is 30.3 Å². The Morgan fingerprint density at radius 3 is 1.55 bits per heavy atom. The zero-order valence-electron chi connectivity index (χ0n) is 28.6. The van der Waals surface area contributed by atoms with E-state index in [-0.39, 0.29) is 16.0 Å². The number of ether oxygens (including phenoxy) is 1. The summed E-state index contributed by atoms with van der Waals surface area (Å²) in [4.78, 5) is 29.1. The van der Waals surface area contributed by atoms with Crippen molar-refractivity contribution in [2.24, 2.45) is 5.92 Å². The minimum absolute atomic E-state index is 0.0424. The molecular weight excluding hydrogens is 555 g/mol. The predicted octanol–water partition coefficient (Wildman–Crippen LogP) is 8.32. The molecule has 5 atom stereocenters. The normalized spacial score (nSPS) is 26.9. The summed E-state index contributed by atoms with van der Waals surface area (Å²) in [5.41, 5.74) is -0.717. The van der Waals surface area contributed by atoms with Gasteiger partial charge in [0, 0.05) is 0 Å². The van der Waals surface area contributed by atoms with Crippen LogP contribution in [0, 0.1) is 5.92 Å². The van der Waals surface area contributed by atoms with Gasteiger partial charge in [0.2, 0.25) is 5.91 Å². The lowest BCUT2D eigenvalue weighted by molar-refractivity contribution is -0.133. The molecule has 2 aliphatic rings. The molecule has 2 fully saturated rings. The highest BCUT2D eigenvalue weighted by molar-refractivity contribution is 6.75. The summed E-state index contributed by atoms with van der Waals surface area (Å²) in [6.45, 7) is 34.5. The van der Waals surface area contributed by atoms with Crippen molar-refractivity contribution in [3.63, 3.8) is 0 Å². The maximum absolute atomic E-state index is 14.2. The lowest BCUT2D eigenvalue weighted by atomic mass is 9.83. The lowest BCUT2D eigenvalue weighted by Gasteiger charge is -2.52. The molecule has 1 aliphatic carbocycles. The van der Waals surface area contributed by atoms with Crippen molar-refractivity contribution in [2.75, 3.05) is 0 Å². The number of carbonyl (C=O) groups is 2. The molecule has 0 radical (unpaired) electrons. The van der Waals surface area contributed by atoms with E-state index in [1.165, 1.54) is 4.90 Å². The molecule has 0 spiro atoms. The van der Waals surface area contributed by atoms with Crippen LogP contribution in [0.25, 0.3) is 0 Å². The Bertz CT molecular complexity index is 906. The van der Waals surface area contributed by atoms with Crippen LogP contribution in [0.5, 0.6) is 0 Å². The minimum Gasteiger partial charge on any atom is -0.443 e. The summed E-state index contributed by atoms with van der Waals surface area (Å²) in [7, 11) is -6.80. The molecule has 1 aliphatic heterocycles. The monoisotopic (exact) mass is 615 g/mol. The molecule has 0 aromatic heterocycles. The highest BCUT2D eigenvalue weighted by atomic mass is 28.4. The summed E-state index contributed by atoms with van der Waals surface area (Å²) in [6.07, 6.45) is -1.45. The zero-order valence-corrected chi connectivity index (χ0v) is 31.6. The molecular formula is C30H61NO6Si3. The van der Waals surface area contributed by atoms with Crippen LogP contribution in [0.4, 0.5) is 4.79 Å². The number of fused-ring (bicyclic) bond motifs is 2. The highest BCUT2D eigenvalue weighted by Gasteiger charge is 2.63. The van der Waals surface area contributed by atoms with Crippen LogP contribution >= 0.6 is 0 Å². The molecule has 10 heteroatoms. The molecule has 0 aromatic rings. The predicted molar refractivity (Wildman–Crippen MR) is 171 cm³/mol. The zero-order chi connectivity index (χ0) is 31.3. The van der Waals surface area contributed by atoms with Crippen molar-refractivity contribution >= 4 is 37.0 Å². The number of nitrogens with zero attached hydrogens (tertiary/aromatic N) is 1. The summed E-state index contributed by atoms with van der Waals surface area (Å²) in [6, 6.07) is 2.46. The summed E-state index contributed by atoms with van der Waals surface area (Å²) >= 11 is 0. The SMILES string of the molecule is CC[Si](CC)(CC)O[C@@H]1[C@@H](O[Si](C)(C)C(C)(C)C)[C@@H](O[Si](C)(C)C(C)(C)C)[C@H]2C[C@@H]1C(=O)N2C(=O)OC(C)(C)C. The average Bonchev–Trinajstić information content (AvgIpc) is 3.08. The number of rotatable bonds is 9. The molecule has 1 heterocycles. The summed E-state index contributed by atoms with van der Waals surface area (Å²) in [5.74, 6) is -0.663. The Kier molecular flexibility index (Phi) is 10.6. The fourth-order valence-electron chi connectivity index (χ4n) is 5.29. The van der Waals surface area contributed by atoms with E-state index in [0.29, 0.717) is 6.42 Å². The van der Waals surface area contributed by atoms with Crippen LogP contribution in [0.3, 0.4) is 0 Å². The standard InChI is InChI=1S/C30H61NO6Si3/c1-17-40(18-2,19-3)37-23-21-20-22(31(26(21)32)27(33)34-28(4,5)6)24(35-38(13,14)29(7,8)9)25(23)36-39(15,16)30(10,11)12/h21-25H,17-20H2,1-16H3/t21-,22+,23-,24-,25+/m0/s1. The van der Waals surface area contributed by atoms with Crippen LogP contribution in [-0.2, 0) is 22.8 Å². The van der Waals surface area contributed by atoms with E-state index in [1.54, 1.807) is 0 Å². The van der Waals surface area contributed by atoms with Gasteiger partial charge in [0.1, 0.15) is 5.60 Å². The van der Waals surface area contributed by atoms with Crippen molar-refractivity contribution in [1.82, 2.24) is 4.90 Å². The largest absolute Gasteiger partial charge is 0.443 e. The number of imide groups is 1. The second-order valence-corrected chi connectivity index (χ2v) is 30.3. The van der Waals surface area contributed by atoms with Gasteiger partial charge in [0.25, 0.3) is 0 Å². The van der Waals surface area contributed by atoms with Gasteiger partial charge in [-0.05, 0) is 81.6 Å². The van der Waals surface area contributed by atoms with Crippen LogP contribution in [0.15, 0.2) is 0 Å². The molecule has 0 unspecified atom stereocenters. The fraction of sp³-hybridized carbons (Fsp3) is 0.933. The molecule has 1 saturated carbocycles. The van der Waals surface area contributed by atoms with Gasteiger partial charge in [-0.25, -0.2) is 9.69 Å². The van der Waals surface area contributed by atoms with Crippen molar-refractivity contribution in [1.29, 1.82) is 0 Å². The Morgan fingerprint density at radius 2 is 1.18 bits per heavy atom. The summed E-state index contributed by atoms with van der Waals surface area (Å²) in [5, 5.41) is -0.102. The van der Waals surface area contributed by atoms with Crippen LogP contribution < -0.4 is 0 Å². The Morgan fingerprint density at radius 1 is 0.750 bits per heavy atom. The first kappa shape index (κ1) is 35.7. The molecule has 0 N–H and O–H groups in total. The number of amides is 2. The number of hydrogen-bond donors (Lipinski definition) is 0. The first-order valence-electron chi connectivity index (χ1n) is 15.5. The van der Waals surface area contributed by atoms with E-state index in [2.05, 4.69) is 88.5 Å². The third-order valence-corrected chi connectivity index (χ3v) is 23.8. The molecule has 7 nitrogen and oxygen atoms in total. The smallest absolute Gasteiger partial charge is 0.417 e. The van der Waals surface area contributed by atoms with Crippen LogP contribution in [0.2, 0.25) is 54.4 Å². The first-order chi connectivity index (χ1) is 17.9. The van der Waals surface area contributed by atoms with E-state index in [0.717, 1.165) is 18.1 Å². The second kappa shape index (κ2) is 11.9. The van der Waals surface area contributed by atoms with Gasteiger partial charge < -0.3 is 18.0 Å². The lowest BCUT2D eigenvalue weighted by Crippen LogP contribution is -2.64. The molecule has 2 bridgehead atoms. The molecule has 2 amide bonds. The maximum atomic E-state index is 14.2. The van der Waals surface area contributed by atoms with Gasteiger partial charge in [0.15, 0.2) is 25.0 Å². The van der Waals surface area contributed by atoms with Crippen molar-refractivity contribution in [2.45, 2.75) is 174 Å². The van der Waals surface area contributed by atoms with Gasteiger partial charge in [-0.2, -0.15) is 0 Å². The van der Waals surface area contributed by atoms with E-state index < -0.39 is 66.9 Å². The van der Waals surface area contributed by atoms with Gasteiger partial charge in [-0.3, -0.25) is 4.79 Å². The molecule has 2 rings (SSSR count). The second-order valence-electron chi connectivity index (χ2n) is 16.1. The van der Waals surface area contributed by atoms with E-state index >= 15 is 0 Å². The van der Waals surface area contributed by atoms with Crippen LogP contribution in [-0.4, -0.2) is 71.8 Å². The topological polar surface area (TPSA) is 74.3 Å². The minimum atomic E-state index is -2.34. The van der Waals surface area contributed by atoms with Crippen molar-refractivity contribution in [3.05, 3.63) is 0 Å². The quantitative estimate of drug-likeness (QED) is 0.243. The molecule has 234 valence electrons. The Hall–Kier alpha value is -0.529. The third kappa shape index (κ3) is 7.33. The fourth-order valence-corrected chi connectivity index (χ4v) is 10.8. The highest BCUT2D eigenvalue weighted by Crippen LogP contribution is 2.49. The van der Waals surface area contributed by atoms with Crippen LogP contribution in [0.1, 0.15) is 89.5 Å². The van der Waals surface area contributed by atoms with Gasteiger partial charge in [-0.15, -0.1) is 0 Å². The molecule has 40 heavy (non-hydrogen) atoms. The maximum Gasteiger partial charge on any atom is 0.417 e. The Labute approximate surface area is 248 Å². The number of likely N-dealkylation sites (tertiary alicyclic amines) is 1. The molecule has 1 saturated heterocycles. The molecule has 0 aromatic carbocycles. The Balaban J connectivity index is 2.78. The van der Waals surface area contributed by atoms with E-state index in [9.17, 15) is 9.59 Å². The number of hydrogen-bond acceptors (Lipinski definition) is 6. The van der Waals surface area contributed by atoms with E-state index in [1.807, 2.05) is 20.8 Å². The van der Waals surface area contributed by atoms with E-state index in [4.69, 9.17) is 18.0 Å². The average molecular weight is 616 g/mol. The van der Waals surface area contributed by atoms with Gasteiger partial charge >= 0.3 is 6.09 Å². The third-order valence-electron chi connectivity index (χ3n) is 10.2. The summed E-state index contributed by atoms with van der Waals surface area (Å²) < 4.78 is 27.5.